The number of hydrogen-bond donors (Lipinski definition) is 0. The normalized spacial score (nSPS) is 11.5. The van der Waals surface area contributed by atoms with Crippen molar-refractivity contribution >= 4 is 77.7 Å². The van der Waals surface area contributed by atoms with Crippen molar-refractivity contribution in [3.05, 3.63) is 229 Å². The molecule has 298 valence electrons. The summed E-state index contributed by atoms with van der Waals surface area (Å²) in [4.78, 5) is 4.75. The van der Waals surface area contributed by atoms with Crippen LogP contribution in [-0.2, 0) is 0 Å². The lowest BCUT2D eigenvalue weighted by atomic mass is 10.1. The number of rotatable bonds is 8. The number of anilines is 6. The Morgan fingerprint density at radius 3 is 0.839 bits per heavy atom. The van der Waals surface area contributed by atoms with Crippen molar-refractivity contribution in [2.24, 2.45) is 0 Å². The highest BCUT2D eigenvalue weighted by Crippen LogP contribution is 2.45. The second-order valence-corrected chi connectivity index (χ2v) is 16.6. The van der Waals surface area contributed by atoms with Gasteiger partial charge in [0.15, 0.2) is 0 Å². The van der Waals surface area contributed by atoms with Gasteiger partial charge in [0.05, 0.1) is 22.1 Å². The smallest absolute Gasteiger partial charge is 0.0548 e. The van der Waals surface area contributed by atoms with Crippen LogP contribution in [0, 0.1) is 27.7 Å². The fourth-order valence-corrected chi connectivity index (χ4v) is 9.17. The molecule has 0 fully saturated rings. The standard InChI is InChI=1S/C58H46N4/c1-39-15-23-45(24-16-39)59(46-25-17-40(2)18-26-46)49-31-33-55-51(35-49)53-37-58-54(38-57(53)61(55)43-11-7-5-8-12-43)52-36-50(32-34-56(52)62(58)44-13-9-6-10-14-44)60(47-27-19-41(3)20-28-47)48-29-21-42(4)22-30-48/h5-38H,1-4H3. The van der Waals surface area contributed by atoms with Crippen LogP contribution in [-0.4, -0.2) is 9.13 Å². The van der Waals surface area contributed by atoms with Gasteiger partial charge in [-0.25, -0.2) is 0 Å². The molecule has 62 heavy (non-hydrogen) atoms. The maximum atomic E-state index is 2.44. The van der Waals surface area contributed by atoms with Crippen molar-refractivity contribution in [1.29, 1.82) is 0 Å². The molecule has 0 bridgehead atoms. The van der Waals surface area contributed by atoms with E-state index in [0.717, 1.165) is 56.5 Å². The van der Waals surface area contributed by atoms with Gasteiger partial charge < -0.3 is 18.9 Å². The molecule has 4 heteroatoms. The van der Waals surface area contributed by atoms with Gasteiger partial charge in [-0.1, -0.05) is 107 Å². The molecule has 0 atom stereocenters. The molecule has 0 spiro atoms. The Morgan fingerprint density at radius 1 is 0.258 bits per heavy atom. The lowest BCUT2D eigenvalue weighted by Crippen LogP contribution is -2.10. The molecule has 0 aliphatic carbocycles. The van der Waals surface area contributed by atoms with E-state index >= 15 is 0 Å². The molecular weight excluding hydrogens is 753 g/mol. The maximum absolute atomic E-state index is 2.44. The van der Waals surface area contributed by atoms with E-state index in [2.05, 4.69) is 253 Å². The first kappa shape index (κ1) is 37.2. The highest BCUT2D eigenvalue weighted by molar-refractivity contribution is 6.20. The second kappa shape index (κ2) is 15.0. The topological polar surface area (TPSA) is 16.3 Å². The van der Waals surface area contributed by atoms with E-state index in [4.69, 9.17) is 0 Å². The molecule has 0 unspecified atom stereocenters. The molecular formula is C58H46N4. The highest BCUT2D eigenvalue weighted by atomic mass is 15.1. The Labute approximate surface area is 362 Å². The molecule has 0 saturated heterocycles. The molecule has 0 amide bonds. The van der Waals surface area contributed by atoms with Gasteiger partial charge in [0.2, 0.25) is 0 Å². The van der Waals surface area contributed by atoms with Crippen molar-refractivity contribution in [2.45, 2.75) is 27.7 Å². The molecule has 0 saturated carbocycles. The second-order valence-electron chi connectivity index (χ2n) is 16.6. The number of benzene rings is 9. The lowest BCUT2D eigenvalue weighted by molar-refractivity contribution is 1.17. The minimum atomic E-state index is 1.11. The number of aryl methyl sites for hydroxylation is 4. The summed E-state index contributed by atoms with van der Waals surface area (Å²) in [5.74, 6) is 0. The maximum Gasteiger partial charge on any atom is 0.0548 e. The average Bonchev–Trinajstić information content (AvgIpc) is 3.80. The van der Waals surface area contributed by atoms with Crippen molar-refractivity contribution in [2.75, 3.05) is 9.80 Å². The molecule has 0 N–H and O–H groups in total. The third kappa shape index (κ3) is 6.40. The fourth-order valence-electron chi connectivity index (χ4n) is 9.17. The zero-order valence-corrected chi connectivity index (χ0v) is 35.4. The average molecular weight is 799 g/mol. The third-order valence-electron chi connectivity index (χ3n) is 12.3. The molecule has 0 radical (unpaired) electrons. The quantitative estimate of drug-likeness (QED) is 0.152. The van der Waals surface area contributed by atoms with Crippen LogP contribution < -0.4 is 9.80 Å². The molecule has 0 aliphatic rings. The Bertz CT molecular complexity index is 3070. The summed E-state index contributed by atoms with van der Waals surface area (Å²) in [6.07, 6.45) is 0. The van der Waals surface area contributed by atoms with Crippen LogP contribution in [0.5, 0.6) is 0 Å². The van der Waals surface area contributed by atoms with E-state index in [1.54, 1.807) is 0 Å². The predicted molar refractivity (Wildman–Crippen MR) is 263 cm³/mol. The van der Waals surface area contributed by atoms with Gasteiger partial charge in [-0.2, -0.15) is 0 Å². The van der Waals surface area contributed by atoms with Crippen LogP contribution in [0.3, 0.4) is 0 Å². The first-order valence-electron chi connectivity index (χ1n) is 21.4. The van der Waals surface area contributed by atoms with E-state index < -0.39 is 0 Å². The van der Waals surface area contributed by atoms with E-state index in [1.807, 2.05) is 0 Å². The van der Waals surface area contributed by atoms with Crippen LogP contribution in [0.4, 0.5) is 34.1 Å². The Kier molecular flexibility index (Phi) is 9.01. The van der Waals surface area contributed by atoms with Crippen molar-refractivity contribution in [3.8, 4) is 11.4 Å². The highest BCUT2D eigenvalue weighted by Gasteiger charge is 2.22. The molecule has 0 aliphatic heterocycles. The lowest BCUT2D eigenvalue weighted by Gasteiger charge is -2.26. The molecule has 11 aromatic rings. The molecule has 9 aromatic carbocycles. The Balaban J connectivity index is 1.20. The van der Waals surface area contributed by atoms with Gasteiger partial charge in [0.1, 0.15) is 0 Å². The molecule has 2 aromatic heterocycles. The van der Waals surface area contributed by atoms with Crippen molar-refractivity contribution in [1.82, 2.24) is 9.13 Å². The summed E-state index contributed by atoms with van der Waals surface area (Å²) in [6, 6.07) is 75.7. The zero-order valence-electron chi connectivity index (χ0n) is 35.4. The van der Waals surface area contributed by atoms with Crippen LogP contribution in [0.25, 0.3) is 55.0 Å². The van der Waals surface area contributed by atoms with Gasteiger partial charge in [-0.05, 0) is 149 Å². The largest absolute Gasteiger partial charge is 0.310 e. The fraction of sp³-hybridized carbons (Fsp3) is 0.0690. The van der Waals surface area contributed by atoms with E-state index in [0.29, 0.717) is 0 Å². The first-order valence-corrected chi connectivity index (χ1v) is 21.4. The Hall–Kier alpha value is -7.82. The van der Waals surface area contributed by atoms with Crippen LogP contribution >= 0.6 is 0 Å². The van der Waals surface area contributed by atoms with Gasteiger partial charge in [-0.15, -0.1) is 0 Å². The van der Waals surface area contributed by atoms with Gasteiger partial charge in [-0.3, -0.25) is 0 Å². The summed E-state index contributed by atoms with van der Waals surface area (Å²) < 4.78 is 4.88. The van der Waals surface area contributed by atoms with Crippen molar-refractivity contribution < 1.29 is 0 Å². The summed E-state index contributed by atoms with van der Waals surface area (Å²) in [5, 5.41) is 4.80. The minimum Gasteiger partial charge on any atom is -0.310 e. The van der Waals surface area contributed by atoms with E-state index in [-0.39, 0.29) is 0 Å². The predicted octanol–water partition coefficient (Wildman–Crippen LogP) is 16.1. The number of hydrogen-bond acceptors (Lipinski definition) is 2. The summed E-state index contributed by atoms with van der Waals surface area (Å²) >= 11 is 0. The van der Waals surface area contributed by atoms with Crippen LogP contribution in [0.2, 0.25) is 0 Å². The van der Waals surface area contributed by atoms with Crippen LogP contribution in [0.1, 0.15) is 22.3 Å². The van der Waals surface area contributed by atoms with Gasteiger partial charge in [0.25, 0.3) is 0 Å². The van der Waals surface area contributed by atoms with Gasteiger partial charge in [0, 0.05) is 67.0 Å². The number of nitrogens with zero attached hydrogens (tertiary/aromatic N) is 4. The summed E-state index contributed by atoms with van der Waals surface area (Å²) in [6.45, 7) is 8.57. The van der Waals surface area contributed by atoms with E-state index in [1.165, 1.54) is 54.8 Å². The van der Waals surface area contributed by atoms with Crippen molar-refractivity contribution in [3.63, 3.8) is 0 Å². The monoisotopic (exact) mass is 798 g/mol. The number of fused-ring (bicyclic) bond motifs is 6. The summed E-state index contributed by atoms with van der Waals surface area (Å²) in [5.41, 5.74) is 18.6. The minimum absolute atomic E-state index is 1.11. The Morgan fingerprint density at radius 2 is 0.532 bits per heavy atom. The number of aromatic nitrogens is 2. The molecule has 2 heterocycles. The first-order chi connectivity index (χ1) is 30.4. The molecule has 11 rings (SSSR count). The summed E-state index contributed by atoms with van der Waals surface area (Å²) in [7, 11) is 0. The van der Waals surface area contributed by atoms with Crippen LogP contribution in [0.15, 0.2) is 206 Å². The zero-order chi connectivity index (χ0) is 41.9. The SMILES string of the molecule is Cc1ccc(N(c2ccc(C)cc2)c2ccc3c(c2)c2cc4c(cc2n3-c2ccccc2)c2cc(N(c3ccc(C)cc3)c3ccc(C)cc3)ccc2n4-c2ccccc2)cc1. The number of para-hydroxylation sites is 2. The van der Waals surface area contributed by atoms with E-state index in [9.17, 15) is 0 Å². The van der Waals surface area contributed by atoms with Gasteiger partial charge >= 0.3 is 0 Å². The third-order valence-corrected chi connectivity index (χ3v) is 12.3. The molecule has 4 nitrogen and oxygen atoms in total.